The van der Waals surface area contributed by atoms with Crippen molar-refractivity contribution in [2.45, 2.75) is 6.92 Å². The fourth-order valence-corrected chi connectivity index (χ4v) is 2.82. The molecule has 2 rings (SSSR count). The average molecular weight is 457 g/mol. The lowest BCUT2D eigenvalue weighted by Gasteiger charge is -2.25. The summed E-state index contributed by atoms with van der Waals surface area (Å²) in [7, 11) is 3.41. The van der Waals surface area contributed by atoms with Gasteiger partial charge in [-0.2, -0.15) is 0 Å². The molecule has 0 atom stereocenters. The number of aromatic nitrogens is 1. The number of amides is 1. The molecule has 0 bridgehead atoms. The summed E-state index contributed by atoms with van der Waals surface area (Å²) in [6.45, 7) is 1.43. The van der Waals surface area contributed by atoms with Crippen molar-refractivity contribution in [3.8, 4) is 0 Å². The SMILES string of the molecule is Cc1cc(C(=O)NOCCO)c(N(C)c2ccc(I)cc2)n(C)c1=O. The van der Waals surface area contributed by atoms with Crippen molar-refractivity contribution in [1.82, 2.24) is 10.0 Å². The van der Waals surface area contributed by atoms with Gasteiger partial charge in [-0.15, -0.1) is 0 Å². The van der Waals surface area contributed by atoms with Crippen LogP contribution < -0.4 is 15.9 Å². The normalized spacial score (nSPS) is 10.6. The standard InChI is InChI=1S/C17H20IN3O4/c1-11-10-14(15(23)19-25-9-8-22)16(21(3)17(11)24)20(2)13-6-4-12(18)5-7-13/h4-7,10,22H,8-9H2,1-3H3,(H,19,23). The van der Waals surface area contributed by atoms with E-state index in [0.717, 1.165) is 9.26 Å². The molecule has 0 unspecified atom stereocenters. The first kappa shape index (κ1) is 19.4. The number of nitrogens with one attached hydrogen (secondary N) is 1. The predicted molar refractivity (Wildman–Crippen MR) is 104 cm³/mol. The largest absolute Gasteiger partial charge is 0.394 e. The van der Waals surface area contributed by atoms with E-state index in [1.54, 1.807) is 32.0 Å². The summed E-state index contributed by atoms with van der Waals surface area (Å²) in [6, 6.07) is 9.26. The molecule has 0 aliphatic heterocycles. The third-order valence-electron chi connectivity index (χ3n) is 3.70. The van der Waals surface area contributed by atoms with E-state index >= 15 is 0 Å². The Morgan fingerprint density at radius 2 is 2.00 bits per heavy atom. The first-order valence-corrected chi connectivity index (χ1v) is 8.67. The van der Waals surface area contributed by atoms with Crippen molar-refractivity contribution >= 4 is 40.0 Å². The first-order valence-electron chi connectivity index (χ1n) is 7.59. The summed E-state index contributed by atoms with van der Waals surface area (Å²) in [5, 5.41) is 8.76. The molecule has 8 heteroatoms. The van der Waals surface area contributed by atoms with Gasteiger partial charge in [-0.05, 0) is 59.8 Å². The van der Waals surface area contributed by atoms with E-state index in [2.05, 4.69) is 28.1 Å². The zero-order chi connectivity index (χ0) is 18.6. The van der Waals surface area contributed by atoms with Crippen LogP contribution >= 0.6 is 22.6 Å². The highest BCUT2D eigenvalue weighted by Crippen LogP contribution is 2.26. The molecule has 0 aliphatic carbocycles. The molecule has 0 spiro atoms. The lowest BCUT2D eigenvalue weighted by molar-refractivity contribution is 0.0168. The number of anilines is 2. The molecule has 0 radical (unpaired) electrons. The minimum Gasteiger partial charge on any atom is -0.394 e. The third-order valence-corrected chi connectivity index (χ3v) is 4.42. The molecule has 2 aromatic rings. The number of benzene rings is 1. The van der Waals surface area contributed by atoms with Gasteiger partial charge in [0.25, 0.3) is 11.5 Å². The Balaban J connectivity index is 2.50. The third kappa shape index (κ3) is 4.39. The van der Waals surface area contributed by atoms with Crippen molar-refractivity contribution in [1.29, 1.82) is 0 Å². The summed E-state index contributed by atoms with van der Waals surface area (Å²) >= 11 is 2.21. The number of rotatable bonds is 6. The molecule has 1 heterocycles. The molecule has 1 aromatic carbocycles. The lowest BCUT2D eigenvalue weighted by atomic mass is 10.1. The Hall–Kier alpha value is -1.91. The van der Waals surface area contributed by atoms with Gasteiger partial charge in [0, 0.05) is 28.9 Å². The van der Waals surface area contributed by atoms with Gasteiger partial charge in [-0.1, -0.05) is 0 Å². The van der Waals surface area contributed by atoms with Gasteiger partial charge in [0.2, 0.25) is 0 Å². The number of hydroxylamine groups is 1. The molecule has 134 valence electrons. The quantitative estimate of drug-likeness (QED) is 0.392. The highest BCUT2D eigenvalue weighted by atomic mass is 127. The molecule has 1 amide bonds. The molecule has 1 aromatic heterocycles. The van der Waals surface area contributed by atoms with Gasteiger partial charge >= 0.3 is 0 Å². The van der Waals surface area contributed by atoms with Gasteiger partial charge in [-0.3, -0.25) is 19.0 Å². The van der Waals surface area contributed by atoms with Crippen molar-refractivity contribution in [2.75, 3.05) is 25.2 Å². The van der Waals surface area contributed by atoms with Crippen LogP contribution in [0.25, 0.3) is 0 Å². The number of halogens is 1. The minimum atomic E-state index is -0.487. The monoisotopic (exact) mass is 457 g/mol. The molecule has 0 fully saturated rings. The number of carbonyl (C=O) groups is 1. The molecule has 7 nitrogen and oxygen atoms in total. The first-order chi connectivity index (χ1) is 11.9. The van der Waals surface area contributed by atoms with Crippen LogP contribution in [0.2, 0.25) is 0 Å². The van der Waals surface area contributed by atoms with E-state index in [1.165, 1.54) is 4.57 Å². The summed E-state index contributed by atoms with van der Waals surface area (Å²) in [4.78, 5) is 31.5. The van der Waals surface area contributed by atoms with Gasteiger partial charge in [-0.25, -0.2) is 5.48 Å². The van der Waals surface area contributed by atoms with E-state index in [9.17, 15) is 9.59 Å². The van der Waals surface area contributed by atoms with Crippen LogP contribution in [0, 0.1) is 10.5 Å². The molecule has 0 saturated carbocycles. The van der Waals surface area contributed by atoms with Gasteiger partial charge in [0.1, 0.15) is 5.82 Å². The molecular formula is C17H20IN3O4. The molecule has 2 N–H and O–H groups in total. The maximum Gasteiger partial charge on any atom is 0.278 e. The Labute approximate surface area is 159 Å². The predicted octanol–water partition coefficient (Wildman–Crippen LogP) is 1.72. The van der Waals surface area contributed by atoms with Crippen molar-refractivity contribution in [3.05, 3.63) is 55.4 Å². The van der Waals surface area contributed by atoms with Gasteiger partial charge < -0.3 is 10.0 Å². The number of aliphatic hydroxyl groups is 1. The van der Waals surface area contributed by atoms with Crippen LogP contribution in [0.4, 0.5) is 11.5 Å². The summed E-state index contributed by atoms with van der Waals surface area (Å²) in [6.07, 6.45) is 0. The second-order valence-electron chi connectivity index (χ2n) is 5.47. The summed E-state index contributed by atoms with van der Waals surface area (Å²) < 4.78 is 2.52. The topological polar surface area (TPSA) is 83.8 Å². The maximum atomic E-state index is 12.5. The number of carbonyl (C=O) groups excluding carboxylic acids is 1. The molecule has 0 saturated heterocycles. The van der Waals surface area contributed by atoms with E-state index in [4.69, 9.17) is 9.94 Å². The van der Waals surface area contributed by atoms with E-state index in [1.807, 2.05) is 24.3 Å². The number of hydrogen-bond acceptors (Lipinski definition) is 5. The number of hydrogen-bond donors (Lipinski definition) is 2. The van der Waals surface area contributed by atoms with Crippen LogP contribution in [0.1, 0.15) is 15.9 Å². The van der Waals surface area contributed by atoms with Crippen LogP contribution in [-0.2, 0) is 11.9 Å². The summed E-state index contributed by atoms with van der Waals surface area (Å²) in [5.41, 5.74) is 3.70. The Bertz CT molecular complexity index is 818. The van der Waals surface area contributed by atoms with E-state index < -0.39 is 5.91 Å². The minimum absolute atomic E-state index is 0.0151. The summed E-state index contributed by atoms with van der Waals surface area (Å²) in [5.74, 6) is -0.0404. The lowest BCUT2D eigenvalue weighted by Crippen LogP contribution is -2.32. The average Bonchev–Trinajstić information content (AvgIpc) is 2.59. The zero-order valence-corrected chi connectivity index (χ0v) is 16.4. The zero-order valence-electron chi connectivity index (χ0n) is 14.2. The number of aliphatic hydroxyl groups excluding tert-OH is 1. The van der Waals surface area contributed by atoms with Crippen LogP contribution in [0.3, 0.4) is 0 Å². The maximum absolute atomic E-state index is 12.5. The van der Waals surface area contributed by atoms with Crippen LogP contribution in [-0.4, -0.2) is 35.8 Å². The fraction of sp³-hybridized carbons (Fsp3) is 0.294. The number of aryl methyl sites for hydroxylation is 1. The second-order valence-corrected chi connectivity index (χ2v) is 6.71. The molecule has 25 heavy (non-hydrogen) atoms. The number of pyridine rings is 1. The number of nitrogens with zero attached hydrogens (tertiary/aromatic N) is 2. The molecule has 0 aliphatic rings. The van der Waals surface area contributed by atoms with Crippen molar-refractivity contribution in [2.24, 2.45) is 7.05 Å². The van der Waals surface area contributed by atoms with Gasteiger partial charge in [0.15, 0.2) is 0 Å². The van der Waals surface area contributed by atoms with Gasteiger partial charge in [0.05, 0.1) is 18.8 Å². The van der Waals surface area contributed by atoms with Crippen LogP contribution in [0.15, 0.2) is 35.1 Å². The highest BCUT2D eigenvalue weighted by molar-refractivity contribution is 14.1. The fourth-order valence-electron chi connectivity index (χ4n) is 2.46. The smallest absolute Gasteiger partial charge is 0.278 e. The Kier molecular flexibility index (Phi) is 6.57. The highest BCUT2D eigenvalue weighted by Gasteiger charge is 2.21. The second kappa shape index (κ2) is 8.45. The molecular weight excluding hydrogens is 437 g/mol. The van der Waals surface area contributed by atoms with E-state index in [-0.39, 0.29) is 18.8 Å². The van der Waals surface area contributed by atoms with Crippen molar-refractivity contribution in [3.63, 3.8) is 0 Å². The van der Waals surface area contributed by atoms with Crippen LogP contribution in [0.5, 0.6) is 0 Å². The van der Waals surface area contributed by atoms with E-state index in [0.29, 0.717) is 16.9 Å². The van der Waals surface area contributed by atoms with Crippen molar-refractivity contribution < 1.29 is 14.7 Å². The Morgan fingerprint density at radius 1 is 1.36 bits per heavy atom. The Morgan fingerprint density at radius 3 is 2.60 bits per heavy atom.